The molecule has 0 heterocycles. The lowest BCUT2D eigenvalue weighted by atomic mass is 10.0. The number of carbonyl (C=O) groups is 2. The number of methoxy groups -OCH3 is 1. The Hall–Kier alpha value is -4.05. The number of ether oxygens (including phenoxy) is 1. The van der Waals surface area contributed by atoms with Gasteiger partial charge in [-0.3, -0.25) is 13.9 Å². The van der Waals surface area contributed by atoms with E-state index < -0.39 is 34.4 Å². The number of nitrogens with one attached hydrogen (secondary N) is 1. The summed E-state index contributed by atoms with van der Waals surface area (Å²) in [6.07, 6.45) is 0.193. The molecule has 0 aliphatic heterocycles. The number of carbonyl (C=O) groups excluding carboxylic acids is 2. The third-order valence-corrected chi connectivity index (χ3v) is 9.68. The van der Waals surface area contributed by atoms with E-state index in [2.05, 4.69) is 5.32 Å². The van der Waals surface area contributed by atoms with Crippen LogP contribution in [0.25, 0.3) is 0 Å². The summed E-state index contributed by atoms with van der Waals surface area (Å²) in [6.45, 7) is 1.19. The van der Waals surface area contributed by atoms with Crippen molar-refractivity contribution in [2.75, 3.05) is 25.0 Å². The van der Waals surface area contributed by atoms with Crippen LogP contribution in [0.4, 0.5) is 5.69 Å². The summed E-state index contributed by atoms with van der Waals surface area (Å²) in [4.78, 5) is 29.1. The third kappa shape index (κ3) is 7.72. The molecule has 1 N–H and O–H groups in total. The molecule has 11 heteroatoms. The van der Waals surface area contributed by atoms with Crippen LogP contribution < -0.4 is 14.4 Å². The fourth-order valence-corrected chi connectivity index (χ4v) is 6.60. The standard InChI is InChI=1S/C33H33Cl2N3O5S/c1-23-15-17-27(18-16-23)44(41,42)38(29-14-8-13-28(34)32(29)35)22-31(39)37(21-25-11-7-12-26(19-25)43-3)30(33(40)36-2)20-24-9-5-4-6-10-24/h4-19,30H,20-22H2,1-3H3,(H,36,40)/t30-/m0/s1. The maximum Gasteiger partial charge on any atom is 0.264 e. The number of likely N-dealkylation sites (N-methyl/N-ethyl adjacent to an activating group) is 1. The van der Waals surface area contributed by atoms with E-state index in [0.29, 0.717) is 11.3 Å². The number of hydrogen-bond acceptors (Lipinski definition) is 5. The topological polar surface area (TPSA) is 96.0 Å². The molecule has 2 amide bonds. The molecular formula is C33H33Cl2N3O5S. The molecule has 0 aliphatic carbocycles. The van der Waals surface area contributed by atoms with Crippen molar-refractivity contribution in [3.8, 4) is 5.75 Å². The maximum absolute atomic E-state index is 14.4. The first-order chi connectivity index (χ1) is 21.0. The van der Waals surface area contributed by atoms with E-state index in [0.717, 1.165) is 15.4 Å². The molecule has 0 saturated carbocycles. The van der Waals surface area contributed by atoms with E-state index in [4.69, 9.17) is 27.9 Å². The van der Waals surface area contributed by atoms with Gasteiger partial charge in [0.05, 0.1) is 27.7 Å². The highest BCUT2D eigenvalue weighted by atomic mass is 35.5. The van der Waals surface area contributed by atoms with Gasteiger partial charge in [-0.05, 0) is 54.4 Å². The number of hydrogen-bond donors (Lipinski definition) is 1. The molecule has 44 heavy (non-hydrogen) atoms. The van der Waals surface area contributed by atoms with Crippen LogP contribution >= 0.6 is 23.2 Å². The average molecular weight is 655 g/mol. The van der Waals surface area contributed by atoms with Gasteiger partial charge in [0, 0.05) is 20.0 Å². The molecule has 0 fully saturated rings. The summed E-state index contributed by atoms with van der Waals surface area (Å²) in [5, 5.41) is 2.77. The Kier molecular flexibility index (Phi) is 10.9. The third-order valence-electron chi connectivity index (χ3n) is 7.09. The summed E-state index contributed by atoms with van der Waals surface area (Å²) in [5.41, 5.74) is 2.42. The second-order valence-corrected chi connectivity index (χ2v) is 12.7. The fraction of sp³-hybridized carbons (Fsp3) is 0.212. The van der Waals surface area contributed by atoms with E-state index in [1.54, 1.807) is 42.5 Å². The number of aryl methyl sites for hydroxylation is 1. The Morgan fingerprint density at radius 1 is 0.886 bits per heavy atom. The van der Waals surface area contributed by atoms with Gasteiger partial charge in [0.2, 0.25) is 11.8 Å². The Bertz CT molecular complexity index is 1720. The molecule has 8 nitrogen and oxygen atoms in total. The van der Waals surface area contributed by atoms with E-state index >= 15 is 0 Å². The molecule has 0 unspecified atom stereocenters. The molecule has 230 valence electrons. The summed E-state index contributed by atoms with van der Waals surface area (Å²) < 4.78 is 34.5. The largest absolute Gasteiger partial charge is 0.497 e. The lowest BCUT2D eigenvalue weighted by molar-refractivity contribution is -0.139. The van der Waals surface area contributed by atoms with Crippen LogP contribution in [-0.2, 0) is 32.6 Å². The predicted molar refractivity (Wildman–Crippen MR) is 174 cm³/mol. The Balaban J connectivity index is 1.82. The minimum atomic E-state index is -4.31. The Labute approximate surface area is 268 Å². The minimum absolute atomic E-state index is 0.00263. The normalized spacial score (nSPS) is 11.8. The molecule has 0 aliphatic rings. The van der Waals surface area contributed by atoms with Gasteiger partial charge < -0.3 is 15.0 Å². The van der Waals surface area contributed by atoms with Gasteiger partial charge in [-0.1, -0.05) is 89.4 Å². The summed E-state index contributed by atoms with van der Waals surface area (Å²) >= 11 is 12.8. The van der Waals surface area contributed by atoms with E-state index in [-0.39, 0.29) is 33.6 Å². The van der Waals surface area contributed by atoms with Crippen LogP contribution in [-0.4, -0.2) is 51.9 Å². The van der Waals surface area contributed by atoms with E-state index in [1.807, 2.05) is 37.3 Å². The van der Waals surface area contributed by atoms with Crippen molar-refractivity contribution in [1.29, 1.82) is 0 Å². The highest BCUT2D eigenvalue weighted by molar-refractivity contribution is 7.92. The zero-order valence-electron chi connectivity index (χ0n) is 24.5. The van der Waals surface area contributed by atoms with Gasteiger partial charge in [0.15, 0.2) is 0 Å². The van der Waals surface area contributed by atoms with E-state index in [1.165, 1.54) is 43.3 Å². The van der Waals surface area contributed by atoms with Crippen molar-refractivity contribution < 1.29 is 22.7 Å². The number of rotatable bonds is 12. The number of anilines is 1. The molecule has 4 aromatic carbocycles. The first-order valence-electron chi connectivity index (χ1n) is 13.8. The zero-order chi connectivity index (χ0) is 31.9. The molecule has 1 atom stereocenters. The molecular weight excluding hydrogens is 621 g/mol. The van der Waals surface area contributed by atoms with Gasteiger partial charge in [0.25, 0.3) is 10.0 Å². The molecule has 0 saturated heterocycles. The lowest BCUT2D eigenvalue weighted by Crippen LogP contribution is -2.53. The van der Waals surface area contributed by atoms with Gasteiger partial charge in [0.1, 0.15) is 18.3 Å². The van der Waals surface area contributed by atoms with Crippen molar-refractivity contribution in [1.82, 2.24) is 10.2 Å². The second kappa shape index (κ2) is 14.6. The molecule has 0 spiro atoms. The van der Waals surface area contributed by atoms with Crippen molar-refractivity contribution in [3.63, 3.8) is 0 Å². The molecule has 0 radical (unpaired) electrons. The molecule has 4 aromatic rings. The SMILES string of the molecule is CNC(=O)[C@H](Cc1ccccc1)N(Cc1cccc(OC)c1)C(=O)CN(c1cccc(Cl)c1Cl)S(=O)(=O)c1ccc(C)cc1. The van der Waals surface area contributed by atoms with Crippen molar-refractivity contribution in [3.05, 3.63) is 124 Å². The number of benzene rings is 4. The van der Waals surface area contributed by atoms with Gasteiger partial charge in [-0.25, -0.2) is 8.42 Å². The summed E-state index contributed by atoms with van der Waals surface area (Å²) in [6, 6.07) is 26.3. The van der Waals surface area contributed by atoms with Gasteiger partial charge in [-0.2, -0.15) is 0 Å². The van der Waals surface area contributed by atoms with Crippen molar-refractivity contribution in [2.24, 2.45) is 0 Å². The number of sulfonamides is 1. The van der Waals surface area contributed by atoms with Gasteiger partial charge in [-0.15, -0.1) is 0 Å². The number of nitrogens with zero attached hydrogens (tertiary/aromatic N) is 2. The van der Waals surface area contributed by atoms with Crippen LogP contribution in [0.1, 0.15) is 16.7 Å². The summed E-state index contributed by atoms with van der Waals surface area (Å²) in [7, 11) is -1.28. The van der Waals surface area contributed by atoms with Crippen LogP contribution in [0.3, 0.4) is 0 Å². The Morgan fingerprint density at radius 2 is 1.55 bits per heavy atom. The molecule has 0 bridgehead atoms. The smallest absolute Gasteiger partial charge is 0.264 e. The second-order valence-electron chi connectivity index (χ2n) is 10.1. The Morgan fingerprint density at radius 3 is 2.20 bits per heavy atom. The first-order valence-corrected chi connectivity index (χ1v) is 16.0. The van der Waals surface area contributed by atoms with E-state index in [9.17, 15) is 18.0 Å². The highest BCUT2D eigenvalue weighted by Crippen LogP contribution is 2.35. The predicted octanol–water partition coefficient (Wildman–Crippen LogP) is 5.89. The molecule has 4 rings (SSSR count). The lowest BCUT2D eigenvalue weighted by Gasteiger charge is -2.34. The fourth-order valence-electron chi connectivity index (χ4n) is 4.72. The van der Waals surface area contributed by atoms with Crippen LogP contribution in [0, 0.1) is 6.92 Å². The summed E-state index contributed by atoms with van der Waals surface area (Å²) in [5.74, 6) is -0.452. The van der Waals surface area contributed by atoms with Crippen LogP contribution in [0.2, 0.25) is 10.0 Å². The number of halogens is 2. The maximum atomic E-state index is 14.4. The molecule has 0 aromatic heterocycles. The van der Waals surface area contributed by atoms with Crippen LogP contribution in [0.5, 0.6) is 5.75 Å². The first kappa shape index (κ1) is 32.9. The van der Waals surface area contributed by atoms with Crippen molar-refractivity contribution in [2.45, 2.75) is 30.8 Å². The van der Waals surface area contributed by atoms with Crippen molar-refractivity contribution >= 4 is 50.7 Å². The quantitative estimate of drug-likeness (QED) is 0.206. The zero-order valence-corrected chi connectivity index (χ0v) is 26.9. The highest BCUT2D eigenvalue weighted by Gasteiger charge is 2.35. The van der Waals surface area contributed by atoms with Gasteiger partial charge >= 0.3 is 0 Å². The minimum Gasteiger partial charge on any atom is -0.497 e. The average Bonchev–Trinajstić information content (AvgIpc) is 3.03. The monoisotopic (exact) mass is 653 g/mol. The van der Waals surface area contributed by atoms with Crippen LogP contribution in [0.15, 0.2) is 102 Å². The number of amides is 2.